The Bertz CT molecular complexity index is 574. The molecule has 1 fully saturated rings. The smallest absolute Gasteiger partial charge is 0.244 e. The highest BCUT2D eigenvalue weighted by molar-refractivity contribution is 9.10. The van der Waals surface area contributed by atoms with Gasteiger partial charge in [0.25, 0.3) is 0 Å². The lowest BCUT2D eigenvalue weighted by atomic mass is 10.1. The predicted molar refractivity (Wildman–Crippen MR) is 79.6 cm³/mol. The van der Waals surface area contributed by atoms with Gasteiger partial charge >= 0.3 is 0 Å². The van der Waals surface area contributed by atoms with Gasteiger partial charge in [-0.25, -0.2) is 12.8 Å². The number of nitrogens with one attached hydrogen (secondary N) is 1. The third-order valence-electron chi connectivity index (χ3n) is 3.47. The fraction of sp³-hybridized carbons (Fsp3) is 0.538. The molecule has 0 saturated carbocycles. The zero-order valence-electron chi connectivity index (χ0n) is 11.3. The second-order valence-electron chi connectivity index (χ2n) is 4.78. The van der Waals surface area contributed by atoms with Crippen LogP contribution in [0.1, 0.15) is 19.8 Å². The zero-order chi connectivity index (χ0) is 14.8. The highest BCUT2D eigenvalue weighted by Gasteiger charge is 2.32. The van der Waals surface area contributed by atoms with Crippen LogP contribution in [0.25, 0.3) is 0 Å². The summed E-state index contributed by atoms with van der Waals surface area (Å²) in [4.78, 5) is 0.117. The van der Waals surface area contributed by atoms with Crippen LogP contribution in [0.15, 0.2) is 27.6 Å². The molecule has 0 amide bonds. The monoisotopic (exact) mass is 364 g/mol. The Hall–Kier alpha value is -0.500. The van der Waals surface area contributed by atoms with Gasteiger partial charge < -0.3 is 5.32 Å². The summed E-state index contributed by atoms with van der Waals surface area (Å²) in [7, 11) is -3.62. The number of sulfonamides is 1. The van der Waals surface area contributed by atoms with Crippen molar-refractivity contribution in [3.63, 3.8) is 0 Å². The number of rotatable bonds is 4. The van der Waals surface area contributed by atoms with Crippen molar-refractivity contribution in [3.8, 4) is 0 Å². The molecule has 4 nitrogen and oxygen atoms in total. The molecule has 1 aliphatic heterocycles. The van der Waals surface area contributed by atoms with E-state index in [9.17, 15) is 12.8 Å². The summed E-state index contributed by atoms with van der Waals surface area (Å²) in [5.41, 5.74) is 0. The molecule has 1 atom stereocenters. The van der Waals surface area contributed by atoms with Crippen molar-refractivity contribution in [3.05, 3.63) is 28.5 Å². The van der Waals surface area contributed by atoms with Crippen molar-refractivity contribution in [2.45, 2.75) is 30.7 Å². The topological polar surface area (TPSA) is 49.4 Å². The summed E-state index contributed by atoms with van der Waals surface area (Å²) in [5, 5.41) is 3.22. The molecule has 1 unspecified atom stereocenters. The second kappa shape index (κ2) is 6.51. The summed E-state index contributed by atoms with van der Waals surface area (Å²) in [6.07, 6.45) is 1.81. The van der Waals surface area contributed by atoms with Crippen LogP contribution in [0, 0.1) is 5.82 Å². The molecule has 0 bridgehead atoms. The normalized spacial score (nSPS) is 20.3. The van der Waals surface area contributed by atoms with E-state index in [1.165, 1.54) is 22.5 Å². The first-order valence-corrected chi connectivity index (χ1v) is 8.87. The highest BCUT2D eigenvalue weighted by Crippen LogP contribution is 2.28. The first-order valence-electron chi connectivity index (χ1n) is 6.64. The summed E-state index contributed by atoms with van der Waals surface area (Å²) in [6, 6.07) is 3.62. The molecule has 20 heavy (non-hydrogen) atoms. The Morgan fingerprint density at radius 1 is 1.50 bits per heavy atom. The van der Waals surface area contributed by atoms with E-state index in [0.717, 1.165) is 19.4 Å². The van der Waals surface area contributed by atoms with E-state index >= 15 is 0 Å². The van der Waals surface area contributed by atoms with Gasteiger partial charge in [-0.05, 0) is 53.5 Å². The summed E-state index contributed by atoms with van der Waals surface area (Å²) in [6.45, 7) is 3.81. The Morgan fingerprint density at radius 2 is 2.25 bits per heavy atom. The second-order valence-corrected chi connectivity index (χ2v) is 7.50. The van der Waals surface area contributed by atoms with Crippen LogP contribution in [-0.4, -0.2) is 38.4 Å². The van der Waals surface area contributed by atoms with Gasteiger partial charge in [0.05, 0.1) is 4.90 Å². The minimum Gasteiger partial charge on any atom is -0.315 e. The van der Waals surface area contributed by atoms with Crippen LogP contribution in [-0.2, 0) is 10.0 Å². The number of likely N-dealkylation sites (N-methyl/N-ethyl adjacent to an activating group) is 1. The van der Waals surface area contributed by atoms with E-state index in [1.54, 1.807) is 0 Å². The largest absolute Gasteiger partial charge is 0.315 e. The van der Waals surface area contributed by atoms with Crippen LogP contribution in [0.5, 0.6) is 0 Å². The molecular weight excluding hydrogens is 347 g/mol. The maximum Gasteiger partial charge on any atom is 0.244 e. The van der Waals surface area contributed by atoms with Crippen LogP contribution < -0.4 is 5.32 Å². The van der Waals surface area contributed by atoms with Crippen molar-refractivity contribution >= 4 is 26.0 Å². The first-order chi connectivity index (χ1) is 9.46. The maximum atomic E-state index is 13.1. The molecule has 0 radical (unpaired) electrons. The molecule has 1 N–H and O–H groups in total. The lowest BCUT2D eigenvalue weighted by Crippen LogP contribution is -2.48. The predicted octanol–water partition coefficient (Wildman–Crippen LogP) is 2.35. The highest BCUT2D eigenvalue weighted by atomic mass is 79.9. The minimum atomic E-state index is -3.62. The number of hydrogen-bond donors (Lipinski definition) is 1. The third kappa shape index (κ3) is 3.21. The quantitative estimate of drug-likeness (QED) is 0.891. The van der Waals surface area contributed by atoms with Gasteiger partial charge in [-0.2, -0.15) is 4.31 Å². The van der Waals surface area contributed by atoms with E-state index in [0.29, 0.717) is 13.1 Å². The number of nitrogens with zero attached hydrogens (tertiary/aromatic N) is 1. The lowest BCUT2D eigenvalue weighted by Gasteiger charge is -2.33. The fourth-order valence-electron chi connectivity index (χ4n) is 2.51. The fourth-order valence-corrected chi connectivity index (χ4v) is 5.19. The molecule has 0 spiro atoms. The van der Waals surface area contributed by atoms with Gasteiger partial charge in [-0.15, -0.1) is 0 Å². The zero-order valence-corrected chi connectivity index (χ0v) is 13.7. The molecule has 0 aromatic heterocycles. The molecule has 0 aliphatic carbocycles. The van der Waals surface area contributed by atoms with Gasteiger partial charge in [0.15, 0.2) is 0 Å². The number of piperidine rings is 1. The Kier molecular flexibility index (Phi) is 5.17. The maximum absolute atomic E-state index is 13.1. The molecule has 1 aromatic rings. The van der Waals surface area contributed by atoms with Crippen LogP contribution >= 0.6 is 15.9 Å². The molecule has 1 heterocycles. The summed E-state index contributed by atoms with van der Waals surface area (Å²) in [5.74, 6) is -0.460. The van der Waals surface area contributed by atoms with Crippen molar-refractivity contribution in [1.82, 2.24) is 9.62 Å². The number of benzene rings is 1. The molecule has 1 aromatic carbocycles. The van der Waals surface area contributed by atoms with E-state index in [4.69, 9.17) is 0 Å². The van der Waals surface area contributed by atoms with E-state index in [2.05, 4.69) is 21.2 Å². The van der Waals surface area contributed by atoms with Gasteiger partial charge in [0.2, 0.25) is 10.0 Å². The van der Waals surface area contributed by atoms with Crippen molar-refractivity contribution < 1.29 is 12.8 Å². The standard InChI is InChI=1S/C13H18BrFN2O2S/c1-2-17(11-4-3-7-16-9-11)20(18,19)13-6-5-10(15)8-12(13)14/h5-6,8,11,16H,2-4,7,9H2,1H3. The average Bonchev–Trinajstić information content (AvgIpc) is 2.40. The average molecular weight is 365 g/mol. The molecule has 2 rings (SSSR count). The number of hydrogen-bond acceptors (Lipinski definition) is 3. The summed E-state index contributed by atoms with van der Waals surface area (Å²) >= 11 is 3.14. The molecular formula is C13H18BrFN2O2S. The van der Waals surface area contributed by atoms with E-state index in [-0.39, 0.29) is 15.4 Å². The van der Waals surface area contributed by atoms with E-state index in [1.807, 2.05) is 6.92 Å². The number of halogens is 2. The molecule has 1 aliphatic rings. The van der Waals surface area contributed by atoms with Crippen LogP contribution in [0.4, 0.5) is 4.39 Å². The molecule has 112 valence electrons. The van der Waals surface area contributed by atoms with Crippen molar-refractivity contribution in [1.29, 1.82) is 0 Å². The Balaban J connectivity index is 2.35. The molecule has 7 heteroatoms. The first kappa shape index (κ1) is 15.9. The van der Waals surface area contributed by atoms with Gasteiger partial charge in [0.1, 0.15) is 5.82 Å². The minimum absolute atomic E-state index is 0.0456. The van der Waals surface area contributed by atoms with E-state index < -0.39 is 15.8 Å². The van der Waals surface area contributed by atoms with Crippen LogP contribution in [0.2, 0.25) is 0 Å². The lowest BCUT2D eigenvalue weighted by molar-refractivity contribution is 0.274. The van der Waals surface area contributed by atoms with Crippen molar-refractivity contribution in [2.75, 3.05) is 19.6 Å². The van der Waals surface area contributed by atoms with Gasteiger partial charge in [0, 0.05) is 23.6 Å². The van der Waals surface area contributed by atoms with Crippen LogP contribution in [0.3, 0.4) is 0 Å². The summed E-state index contributed by atoms with van der Waals surface area (Å²) < 4.78 is 40.4. The Morgan fingerprint density at radius 3 is 2.80 bits per heavy atom. The Labute approximate surface area is 127 Å². The van der Waals surface area contributed by atoms with Gasteiger partial charge in [-0.3, -0.25) is 0 Å². The third-order valence-corrected chi connectivity index (χ3v) is 6.47. The van der Waals surface area contributed by atoms with Crippen molar-refractivity contribution in [2.24, 2.45) is 0 Å². The molecule has 1 saturated heterocycles. The SMILES string of the molecule is CCN(C1CCCNC1)S(=O)(=O)c1ccc(F)cc1Br. The van der Waals surface area contributed by atoms with Gasteiger partial charge in [-0.1, -0.05) is 6.92 Å².